The van der Waals surface area contributed by atoms with Crippen LogP contribution < -0.4 is 5.32 Å². The molecule has 6 nitrogen and oxygen atoms in total. The van der Waals surface area contributed by atoms with Crippen LogP contribution >= 0.6 is 0 Å². The second kappa shape index (κ2) is 60.9. The van der Waals surface area contributed by atoms with Crippen molar-refractivity contribution in [3.63, 3.8) is 0 Å². The fraction of sp³-hybridized carbons (Fsp3) is 0.908. The highest BCUT2D eigenvalue weighted by Crippen LogP contribution is 2.18. The van der Waals surface area contributed by atoms with Gasteiger partial charge in [-0.3, -0.25) is 9.59 Å². The highest BCUT2D eigenvalue weighted by atomic mass is 16.5. The zero-order valence-corrected chi connectivity index (χ0v) is 48.0. The summed E-state index contributed by atoms with van der Waals surface area (Å²) in [7, 11) is 0. The number of nitrogens with one attached hydrogen (secondary N) is 1. The van der Waals surface area contributed by atoms with E-state index in [-0.39, 0.29) is 18.5 Å². The second-order valence-corrected chi connectivity index (χ2v) is 22.1. The minimum Gasteiger partial charge on any atom is -0.466 e. The van der Waals surface area contributed by atoms with Crippen LogP contribution in [0.4, 0.5) is 0 Å². The van der Waals surface area contributed by atoms with Gasteiger partial charge in [0.25, 0.3) is 0 Å². The molecule has 2 atom stereocenters. The highest BCUT2D eigenvalue weighted by molar-refractivity contribution is 5.76. The van der Waals surface area contributed by atoms with E-state index in [9.17, 15) is 19.8 Å². The van der Waals surface area contributed by atoms with Gasteiger partial charge in [-0.25, -0.2) is 0 Å². The third-order valence-corrected chi connectivity index (χ3v) is 15.0. The maximum absolute atomic E-state index is 12.5. The SMILES string of the molecule is CCCC/C=C\CCCCCCCC(=O)OCCCCCCCCCCCCCCCCCCCCCCCCC(=O)NC(CO)C(O)/C=C/CCCCCCCCCCCCCCCCCCCCC. The van der Waals surface area contributed by atoms with Gasteiger partial charge in [0.15, 0.2) is 0 Å². The number of aliphatic hydroxyl groups is 2. The van der Waals surface area contributed by atoms with E-state index in [4.69, 9.17) is 4.74 Å². The van der Waals surface area contributed by atoms with Gasteiger partial charge >= 0.3 is 5.97 Å². The Morgan fingerprint density at radius 2 is 0.676 bits per heavy atom. The van der Waals surface area contributed by atoms with Gasteiger partial charge in [0, 0.05) is 12.8 Å². The Bertz CT molecular complexity index is 1110. The van der Waals surface area contributed by atoms with Gasteiger partial charge in [-0.1, -0.05) is 314 Å². The molecule has 0 spiro atoms. The maximum Gasteiger partial charge on any atom is 0.305 e. The Morgan fingerprint density at radius 3 is 1.04 bits per heavy atom. The summed E-state index contributed by atoms with van der Waals surface area (Å²) in [6, 6.07) is -0.629. The normalized spacial score (nSPS) is 12.7. The van der Waals surface area contributed by atoms with Gasteiger partial charge in [-0.2, -0.15) is 0 Å². The first kappa shape index (κ1) is 69.3. The van der Waals surface area contributed by atoms with Crippen molar-refractivity contribution >= 4 is 11.9 Å². The number of aliphatic hydroxyl groups excluding tert-OH is 2. The summed E-state index contributed by atoms with van der Waals surface area (Å²) in [5.74, 6) is -0.0628. The van der Waals surface area contributed by atoms with Gasteiger partial charge in [0.05, 0.1) is 25.4 Å². The minimum atomic E-state index is -0.845. The van der Waals surface area contributed by atoms with Gasteiger partial charge < -0.3 is 20.3 Å². The molecular weight excluding hydrogens is 875 g/mol. The molecule has 3 N–H and O–H groups in total. The first-order valence-electron chi connectivity index (χ1n) is 32.1. The molecule has 0 aliphatic rings. The predicted molar refractivity (Wildman–Crippen MR) is 310 cm³/mol. The van der Waals surface area contributed by atoms with E-state index in [0.717, 1.165) is 44.9 Å². The van der Waals surface area contributed by atoms with E-state index in [0.29, 0.717) is 19.4 Å². The third-order valence-electron chi connectivity index (χ3n) is 15.0. The van der Waals surface area contributed by atoms with Crippen LogP contribution in [0.3, 0.4) is 0 Å². The summed E-state index contributed by atoms with van der Waals surface area (Å²) in [6.45, 7) is 4.89. The summed E-state index contributed by atoms with van der Waals surface area (Å²) in [4.78, 5) is 24.5. The van der Waals surface area contributed by atoms with Crippen molar-refractivity contribution in [2.45, 2.75) is 366 Å². The van der Waals surface area contributed by atoms with Crippen LogP contribution in [-0.4, -0.2) is 47.4 Å². The lowest BCUT2D eigenvalue weighted by Gasteiger charge is -2.20. The van der Waals surface area contributed by atoms with Crippen LogP contribution in [0, 0.1) is 0 Å². The maximum atomic E-state index is 12.5. The monoisotopic (exact) mass is 1000 g/mol. The van der Waals surface area contributed by atoms with E-state index in [1.807, 2.05) is 6.08 Å². The van der Waals surface area contributed by atoms with Crippen LogP contribution in [0.2, 0.25) is 0 Å². The van der Waals surface area contributed by atoms with Crippen molar-refractivity contribution in [3.05, 3.63) is 24.3 Å². The zero-order valence-electron chi connectivity index (χ0n) is 48.0. The Kier molecular flexibility index (Phi) is 59.5. The molecule has 0 saturated heterocycles. The van der Waals surface area contributed by atoms with Crippen LogP contribution in [0.15, 0.2) is 24.3 Å². The summed E-state index contributed by atoms with van der Waals surface area (Å²) in [5, 5.41) is 23.2. The van der Waals surface area contributed by atoms with E-state index in [1.54, 1.807) is 6.08 Å². The Balaban J connectivity index is 3.42. The van der Waals surface area contributed by atoms with Crippen LogP contribution in [0.1, 0.15) is 354 Å². The molecule has 0 aromatic carbocycles. The molecule has 2 unspecified atom stereocenters. The predicted octanol–water partition coefficient (Wildman–Crippen LogP) is 20.2. The number of hydrogen-bond acceptors (Lipinski definition) is 5. The van der Waals surface area contributed by atoms with E-state index in [1.165, 1.54) is 283 Å². The lowest BCUT2D eigenvalue weighted by atomic mass is 10.0. The van der Waals surface area contributed by atoms with Crippen molar-refractivity contribution in [1.82, 2.24) is 5.32 Å². The van der Waals surface area contributed by atoms with Crippen molar-refractivity contribution < 1.29 is 24.5 Å². The van der Waals surface area contributed by atoms with Crippen molar-refractivity contribution in [2.75, 3.05) is 13.2 Å². The molecule has 0 rings (SSSR count). The zero-order chi connectivity index (χ0) is 51.4. The molecule has 0 aromatic rings. The van der Waals surface area contributed by atoms with E-state index < -0.39 is 12.1 Å². The van der Waals surface area contributed by atoms with E-state index in [2.05, 4.69) is 31.3 Å². The number of amides is 1. The number of esters is 1. The summed E-state index contributed by atoms with van der Waals surface area (Å²) in [5.41, 5.74) is 0. The topological polar surface area (TPSA) is 95.9 Å². The molecule has 0 radical (unpaired) electrons. The number of ether oxygens (including phenoxy) is 1. The second-order valence-electron chi connectivity index (χ2n) is 22.1. The molecule has 0 aliphatic heterocycles. The van der Waals surface area contributed by atoms with Crippen LogP contribution in [-0.2, 0) is 14.3 Å². The molecule has 0 saturated carbocycles. The number of carbonyl (C=O) groups excluding carboxylic acids is 2. The molecule has 0 bridgehead atoms. The summed E-state index contributed by atoms with van der Waals surface area (Å²) >= 11 is 0. The van der Waals surface area contributed by atoms with Crippen LogP contribution in [0.5, 0.6) is 0 Å². The fourth-order valence-electron chi connectivity index (χ4n) is 10.0. The van der Waals surface area contributed by atoms with Crippen LogP contribution in [0.25, 0.3) is 0 Å². The standard InChI is InChI=1S/C65H125NO5/c1-3-5-7-9-11-13-15-16-17-18-19-22-25-28-31-34-38-41-45-49-53-57-63(68)62(61-67)66-64(69)58-54-50-46-42-39-35-32-29-26-23-20-21-24-27-30-33-36-40-44-48-52-56-60-71-65(70)59-55-51-47-43-37-14-12-10-8-6-4-2/h10,12,53,57,62-63,67-68H,3-9,11,13-52,54-56,58-61H2,1-2H3,(H,66,69)/b12-10-,57-53+. The lowest BCUT2D eigenvalue weighted by Crippen LogP contribution is -2.45. The quantitative estimate of drug-likeness (QED) is 0.0320. The average Bonchev–Trinajstić information content (AvgIpc) is 3.37. The molecule has 1 amide bonds. The number of hydrogen-bond donors (Lipinski definition) is 3. The largest absolute Gasteiger partial charge is 0.466 e. The number of allylic oxidation sites excluding steroid dienone is 3. The average molecular weight is 1000 g/mol. The Labute approximate surface area is 443 Å². The number of carbonyl (C=O) groups is 2. The van der Waals surface area contributed by atoms with Gasteiger partial charge in [0.1, 0.15) is 0 Å². The van der Waals surface area contributed by atoms with Crippen molar-refractivity contribution in [3.8, 4) is 0 Å². The molecule has 0 heterocycles. The Morgan fingerprint density at radius 1 is 0.380 bits per heavy atom. The first-order valence-corrected chi connectivity index (χ1v) is 32.1. The fourth-order valence-corrected chi connectivity index (χ4v) is 10.0. The molecule has 0 fully saturated rings. The third kappa shape index (κ3) is 57.5. The Hall–Kier alpha value is -1.66. The van der Waals surface area contributed by atoms with Crippen molar-refractivity contribution in [2.24, 2.45) is 0 Å². The number of unbranched alkanes of at least 4 members (excludes halogenated alkanes) is 47. The minimum absolute atomic E-state index is 0.00204. The molecule has 71 heavy (non-hydrogen) atoms. The summed E-state index contributed by atoms with van der Waals surface area (Å²) < 4.78 is 5.46. The molecule has 420 valence electrons. The van der Waals surface area contributed by atoms with E-state index >= 15 is 0 Å². The number of rotatable bonds is 60. The lowest BCUT2D eigenvalue weighted by molar-refractivity contribution is -0.143. The molecule has 0 aromatic heterocycles. The molecule has 0 aliphatic carbocycles. The van der Waals surface area contributed by atoms with Gasteiger partial charge in [-0.05, 0) is 51.4 Å². The summed E-state index contributed by atoms with van der Waals surface area (Å²) in [6.07, 6.45) is 75.1. The smallest absolute Gasteiger partial charge is 0.305 e. The molecule has 6 heteroatoms. The highest BCUT2D eigenvalue weighted by Gasteiger charge is 2.18. The van der Waals surface area contributed by atoms with Crippen molar-refractivity contribution in [1.29, 1.82) is 0 Å². The molecular formula is C65H125NO5. The van der Waals surface area contributed by atoms with Gasteiger partial charge in [0.2, 0.25) is 5.91 Å². The first-order chi connectivity index (χ1) is 35.0. The van der Waals surface area contributed by atoms with Gasteiger partial charge in [-0.15, -0.1) is 0 Å².